The van der Waals surface area contributed by atoms with Crippen molar-refractivity contribution in [1.29, 1.82) is 0 Å². The summed E-state index contributed by atoms with van der Waals surface area (Å²) in [5.74, 6) is 7.00. The lowest BCUT2D eigenvalue weighted by Gasteiger charge is -2.30. The van der Waals surface area contributed by atoms with E-state index in [4.69, 9.17) is 5.84 Å². The molecule has 13 heavy (non-hydrogen) atoms. The van der Waals surface area contributed by atoms with Crippen molar-refractivity contribution in [3.8, 4) is 0 Å². The van der Waals surface area contributed by atoms with Gasteiger partial charge in [-0.3, -0.25) is 9.48 Å². The van der Waals surface area contributed by atoms with Gasteiger partial charge in [-0.1, -0.05) is 0 Å². The molecule has 0 amide bonds. The van der Waals surface area contributed by atoms with Crippen molar-refractivity contribution in [2.45, 2.75) is 26.3 Å². The Morgan fingerprint density at radius 1 is 1.15 bits per heavy atom. The first kappa shape index (κ1) is 12.2. The molecule has 0 rings (SSSR count). The molecule has 0 aromatic carbocycles. The number of nitrogens with zero attached hydrogens (tertiary/aromatic N) is 3. The molecule has 0 fully saturated rings. The Kier molecular flexibility index (Phi) is 3.72. The van der Waals surface area contributed by atoms with Crippen molar-refractivity contribution in [2.24, 2.45) is 5.84 Å². The zero-order valence-electron chi connectivity index (χ0n) is 9.92. The lowest BCUT2D eigenvalue weighted by atomic mass is 10.1. The number of guanidine groups is 1. The molecule has 0 aliphatic heterocycles. The smallest absolute Gasteiger partial charge is 0.269 e. The van der Waals surface area contributed by atoms with Crippen LogP contribution < -0.4 is 5.84 Å². The van der Waals surface area contributed by atoms with Crippen LogP contribution in [0.2, 0.25) is 0 Å². The molecule has 0 heterocycles. The maximum Gasteiger partial charge on any atom is 0.367 e. The first-order valence-corrected chi connectivity index (χ1v) is 4.44. The fraction of sp³-hybridized carbons (Fsp3) is 0.889. The fourth-order valence-corrected chi connectivity index (χ4v) is 1.13. The second kappa shape index (κ2) is 3.96. The third-order valence-electron chi connectivity index (χ3n) is 1.74. The number of hydrogen-bond acceptors (Lipinski definition) is 1. The average Bonchev–Trinajstić information content (AvgIpc) is 1.82. The van der Waals surface area contributed by atoms with Crippen molar-refractivity contribution < 1.29 is 4.58 Å². The summed E-state index contributed by atoms with van der Waals surface area (Å²) in [7, 11) is 7.95. The fourth-order valence-electron chi connectivity index (χ4n) is 1.13. The highest BCUT2D eigenvalue weighted by Gasteiger charge is 2.30. The minimum atomic E-state index is -0.0656. The summed E-state index contributed by atoms with van der Waals surface area (Å²) in [6, 6.07) is 0. The molecule has 0 aromatic heterocycles. The molecule has 0 unspecified atom stereocenters. The molecular formula is C9H23N4+. The van der Waals surface area contributed by atoms with Gasteiger partial charge in [0.05, 0.1) is 33.7 Å². The van der Waals surface area contributed by atoms with E-state index >= 15 is 0 Å². The predicted octanol–water partition coefficient (Wildman–Crippen LogP) is 0.150. The first-order chi connectivity index (χ1) is 5.68. The lowest BCUT2D eigenvalue weighted by Crippen LogP contribution is -2.57. The van der Waals surface area contributed by atoms with Gasteiger partial charge in [0.25, 0.3) is 0 Å². The zero-order valence-corrected chi connectivity index (χ0v) is 9.92. The largest absolute Gasteiger partial charge is 0.367 e. The van der Waals surface area contributed by atoms with E-state index in [0.29, 0.717) is 0 Å². The van der Waals surface area contributed by atoms with E-state index in [2.05, 4.69) is 20.8 Å². The van der Waals surface area contributed by atoms with E-state index < -0.39 is 0 Å². The average molecular weight is 187 g/mol. The zero-order chi connectivity index (χ0) is 10.8. The van der Waals surface area contributed by atoms with Crippen LogP contribution in [-0.4, -0.2) is 54.2 Å². The molecule has 0 bridgehead atoms. The molecule has 0 aromatic rings. The monoisotopic (exact) mass is 187 g/mol. The van der Waals surface area contributed by atoms with Gasteiger partial charge in [0, 0.05) is 0 Å². The molecule has 0 aliphatic carbocycles. The number of hydrazine groups is 1. The highest BCUT2D eigenvalue weighted by molar-refractivity contribution is 5.74. The molecule has 0 atom stereocenters. The van der Waals surface area contributed by atoms with Crippen molar-refractivity contribution in [1.82, 2.24) is 9.91 Å². The molecule has 0 radical (unpaired) electrons. The summed E-state index contributed by atoms with van der Waals surface area (Å²) < 4.78 is 2.01. The number of rotatable bonds is 0. The Morgan fingerprint density at radius 3 is 1.62 bits per heavy atom. The van der Waals surface area contributed by atoms with Crippen LogP contribution in [0, 0.1) is 0 Å². The molecule has 0 spiro atoms. The molecule has 4 nitrogen and oxygen atoms in total. The molecule has 0 saturated carbocycles. The summed E-state index contributed by atoms with van der Waals surface area (Å²) in [5, 5.41) is 1.77. The Labute approximate surface area is 81.6 Å². The molecule has 0 saturated heterocycles. The third-order valence-corrected chi connectivity index (χ3v) is 1.74. The Bertz CT molecular complexity index is 196. The van der Waals surface area contributed by atoms with Crippen LogP contribution in [0.1, 0.15) is 20.8 Å². The van der Waals surface area contributed by atoms with Crippen LogP contribution in [0.4, 0.5) is 0 Å². The maximum absolute atomic E-state index is 6.01. The van der Waals surface area contributed by atoms with E-state index in [1.807, 2.05) is 37.7 Å². The second-order valence-corrected chi connectivity index (χ2v) is 4.63. The summed E-state index contributed by atoms with van der Waals surface area (Å²) in [6.07, 6.45) is 0. The minimum absolute atomic E-state index is 0.0656. The van der Waals surface area contributed by atoms with Gasteiger partial charge >= 0.3 is 5.96 Å². The van der Waals surface area contributed by atoms with Crippen molar-refractivity contribution >= 4 is 5.96 Å². The number of hydrogen-bond donors (Lipinski definition) is 1. The summed E-state index contributed by atoms with van der Waals surface area (Å²) in [4.78, 5) is 2.01. The van der Waals surface area contributed by atoms with Crippen LogP contribution in [0.5, 0.6) is 0 Å². The molecule has 0 aliphatic rings. The Morgan fingerprint density at radius 2 is 1.54 bits per heavy atom. The molecule has 4 heteroatoms. The van der Waals surface area contributed by atoms with Crippen LogP contribution in [0.3, 0.4) is 0 Å². The van der Waals surface area contributed by atoms with E-state index in [-0.39, 0.29) is 5.54 Å². The van der Waals surface area contributed by atoms with Gasteiger partial charge in [-0.15, -0.1) is 0 Å². The van der Waals surface area contributed by atoms with Gasteiger partial charge in [0.15, 0.2) is 0 Å². The van der Waals surface area contributed by atoms with Gasteiger partial charge < -0.3 is 0 Å². The predicted molar refractivity (Wildman–Crippen MR) is 56.6 cm³/mol. The topological polar surface area (TPSA) is 35.5 Å². The summed E-state index contributed by atoms with van der Waals surface area (Å²) in [6.45, 7) is 6.25. The minimum Gasteiger partial charge on any atom is -0.269 e. The van der Waals surface area contributed by atoms with E-state index in [9.17, 15) is 0 Å². The quantitative estimate of drug-likeness (QED) is 0.193. The molecule has 2 N–H and O–H groups in total. The first-order valence-electron chi connectivity index (χ1n) is 4.44. The second-order valence-electron chi connectivity index (χ2n) is 4.63. The van der Waals surface area contributed by atoms with Gasteiger partial charge in [0.2, 0.25) is 0 Å². The number of nitrogens with two attached hydrogens (primary N) is 1. The van der Waals surface area contributed by atoms with E-state index in [1.165, 1.54) is 0 Å². The standard InChI is InChI=1S/C9H23N4/c1-9(2,3)13(10)8(11(4)5)12(6)7/h10H2,1-7H3/q+1. The van der Waals surface area contributed by atoms with Crippen LogP contribution in [0.15, 0.2) is 0 Å². The highest BCUT2D eigenvalue weighted by atomic mass is 15.5. The van der Waals surface area contributed by atoms with E-state index in [0.717, 1.165) is 5.96 Å². The van der Waals surface area contributed by atoms with Crippen LogP contribution in [-0.2, 0) is 0 Å². The summed E-state index contributed by atoms with van der Waals surface area (Å²) in [5.41, 5.74) is -0.0656. The van der Waals surface area contributed by atoms with Crippen molar-refractivity contribution in [3.05, 3.63) is 0 Å². The Balaban J connectivity index is 4.91. The van der Waals surface area contributed by atoms with E-state index in [1.54, 1.807) is 5.01 Å². The maximum atomic E-state index is 6.01. The Hall–Kier alpha value is -0.770. The van der Waals surface area contributed by atoms with Crippen molar-refractivity contribution in [3.63, 3.8) is 0 Å². The van der Waals surface area contributed by atoms with Crippen molar-refractivity contribution in [2.75, 3.05) is 28.2 Å². The molecular weight excluding hydrogens is 164 g/mol. The normalized spacial score (nSPS) is 11.1. The van der Waals surface area contributed by atoms with Gasteiger partial charge in [-0.25, -0.2) is 0 Å². The van der Waals surface area contributed by atoms with Crippen LogP contribution >= 0.6 is 0 Å². The van der Waals surface area contributed by atoms with Gasteiger partial charge in [-0.2, -0.15) is 10.9 Å². The SMILES string of the molecule is CN(C)C(N(N)C(C)(C)C)=[N+](C)C. The van der Waals surface area contributed by atoms with Crippen LogP contribution in [0.25, 0.3) is 0 Å². The summed E-state index contributed by atoms with van der Waals surface area (Å²) >= 11 is 0. The third kappa shape index (κ3) is 3.22. The van der Waals surface area contributed by atoms with Gasteiger partial charge in [0.1, 0.15) is 0 Å². The molecule has 78 valence electrons. The lowest BCUT2D eigenvalue weighted by molar-refractivity contribution is -0.477. The van der Waals surface area contributed by atoms with Gasteiger partial charge in [-0.05, 0) is 20.8 Å². The highest BCUT2D eigenvalue weighted by Crippen LogP contribution is 2.09.